The molecule has 5 rings (SSSR count). The molecule has 2 aromatic heterocycles. The van der Waals surface area contributed by atoms with E-state index in [0.29, 0.717) is 16.5 Å². The Morgan fingerprint density at radius 2 is 1.82 bits per heavy atom. The molecule has 1 aliphatic heterocycles. The van der Waals surface area contributed by atoms with Crippen LogP contribution in [0.4, 0.5) is 17.1 Å². The molecular formula is C29H30N6O3S. The highest BCUT2D eigenvalue weighted by Gasteiger charge is 2.42. The smallest absolute Gasteiger partial charge is 0.296 e. The molecule has 1 N–H and O–H groups in total. The van der Waals surface area contributed by atoms with Crippen LogP contribution in [0.3, 0.4) is 0 Å². The van der Waals surface area contributed by atoms with Gasteiger partial charge in [-0.25, -0.2) is 0 Å². The summed E-state index contributed by atoms with van der Waals surface area (Å²) in [5, 5.41) is 16.1. The lowest BCUT2D eigenvalue weighted by atomic mass is 9.96. The van der Waals surface area contributed by atoms with Crippen molar-refractivity contribution >= 4 is 34.4 Å². The highest BCUT2D eigenvalue weighted by atomic mass is 32.1. The summed E-state index contributed by atoms with van der Waals surface area (Å²) in [6.07, 6.45) is 1.77. The maximum atomic E-state index is 12.0. The third-order valence-electron chi connectivity index (χ3n) is 7.15. The van der Waals surface area contributed by atoms with Crippen molar-refractivity contribution in [3.63, 3.8) is 0 Å². The Morgan fingerprint density at radius 3 is 2.44 bits per heavy atom. The van der Waals surface area contributed by atoms with Crippen molar-refractivity contribution in [2.75, 3.05) is 31.0 Å². The number of hydrogen-bond acceptors (Lipinski definition) is 6. The molecule has 200 valence electrons. The number of nitrogens with zero attached hydrogens (tertiary/aromatic N) is 5. The van der Waals surface area contributed by atoms with E-state index < -0.39 is 0 Å². The molecule has 0 spiro atoms. The molecule has 2 atom stereocenters. The summed E-state index contributed by atoms with van der Waals surface area (Å²) in [5.74, 6) is 0.432. The van der Waals surface area contributed by atoms with E-state index in [1.54, 1.807) is 18.3 Å². The molecule has 4 aromatic rings. The molecule has 1 fully saturated rings. The number of hydrogen-bond donors (Lipinski definition) is 1. The van der Waals surface area contributed by atoms with E-state index in [2.05, 4.69) is 45.5 Å². The molecule has 10 heteroatoms. The number of nitro groups is 1. The molecule has 0 bridgehead atoms. The second kappa shape index (κ2) is 10.4. The molecule has 0 radical (unpaired) electrons. The largest absolute Gasteiger partial charge is 0.496 e. The minimum absolute atomic E-state index is 0.0276. The van der Waals surface area contributed by atoms with Gasteiger partial charge in [-0.05, 0) is 86.2 Å². The van der Waals surface area contributed by atoms with Crippen molar-refractivity contribution in [3.05, 3.63) is 106 Å². The zero-order valence-corrected chi connectivity index (χ0v) is 23.3. The van der Waals surface area contributed by atoms with Crippen LogP contribution < -0.4 is 19.9 Å². The van der Waals surface area contributed by atoms with Crippen molar-refractivity contribution in [2.45, 2.75) is 25.9 Å². The quantitative estimate of drug-likeness (QED) is 0.182. The topological polar surface area (TPSA) is 88.7 Å². The Hall–Kier alpha value is -4.44. The number of pyridine rings is 1. The van der Waals surface area contributed by atoms with Gasteiger partial charge in [0.2, 0.25) is 0 Å². The third-order valence-corrected chi connectivity index (χ3v) is 7.47. The zero-order chi connectivity index (χ0) is 27.8. The number of benzene rings is 2. The Kier molecular flexibility index (Phi) is 6.96. The van der Waals surface area contributed by atoms with E-state index in [-0.39, 0.29) is 22.7 Å². The van der Waals surface area contributed by atoms with E-state index in [0.717, 1.165) is 34.0 Å². The fourth-order valence-corrected chi connectivity index (χ4v) is 5.63. The van der Waals surface area contributed by atoms with Crippen LogP contribution in [0.2, 0.25) is 0 Å². The average Bonchev–Trinajstić information content (AvgIpc) is 3.43. The van der Waals surface area contributed by atoms with Gasteiger partial charge in [0, 0.05) is 43.1 Å². The van der Waals surface area contributed by atoms with Crippen LogP contribution in [0, 0.1) is 24.0 Å². The highest BCUT2D eigenvalue weighted by molar-refractivity contribution is 7.80. The molecule has 39 heavy (non-hydrogen) atoms. The summed E-state index contributed by atoms with van der Waals surface area (Å²) >= 11 is 5.89. The van der Waals surface area contributed by atoms with Crippen LogP contribution in [0.1, 0.15) is 34.7 Å². The molecule has 0 saturated carbocycles. The predicted molar refractivity (Wildman–Crippen MR) is 157 cm³/mol. The number of ether oxygens (including phenoxy) is 1. The van der Waals surface area contributed by atoms with Crippen LogP contribution in [-0.4, -0.2) is 40.8 Å². The van der Waals surface area contributed by atoms with Crippen LogP contribution >= 0.6 is 12.2 Å². The van der Waals surface area contributed by atoms with Gasteiger partial charge in [0.05, 0.1) is 35.9 Å². The van der Waals surface area contributed by atoms with Gasteiger partial charge in [-0.2, -0.15) is 0 Å². The first-order valence-corrected chi connectivity index (χ1v) is 12.9. The van der Waals surface area contributed by atoms with Crippen molar-refractivity contribution in [1.29, 1.82) is 0 Å². The third kappa shape index (κ3) is 4.67. The van der Waals surface area contributed by atoms with Crippen LogP contribution in [-0.2, 0) is 0 Å². The summed E-state index contributed by atoms with van der Waals surface area (Å²) in [6, 6.07) is 20.6. The minimum atomic E-state index is -0.377. The van der Waals surface area contributed by atoms with Crippen molar-refractivity contribution < 1.29 is 9.66 Å². The normalized spacial score (nSPS) is 16.7. The lowest BCUT2D eigenvalue weighted by Gasteiger charge is -2.28. The Balaban J connectivity index is 1.68. The highest BCUT2D eigenvalue weighted by Crippen LogP contribution is 2.44. The standard InChI is InChI=1S/C29H30N6O3S/c1-18-16-23(19(2)33(18)25-14-13-22(38-5)17-26(25)35(36)37)28-27(24-8-6-7-15-30-24)31-29(39)34(28)21-11-9-20(10-12-21)32(3)4/h6-17,27-28H,1-5H3,(H,31,39)/t27-,28-/m0/s1. The molecular weight excluding hydrogens is 512 g/mol. The lowest BCUT2D eigenvalue weighted by molar-refractivity contribution is -0.384. The van der Waals surface area contributed by atoms with E-state index in [4.69, 9.17) is 17.0 Å². The molecule has 1 aliphatic rings. The first kappa shape index (κ1) is 26.2. The van der Waals surface area contributed by atoms with Gasteiger partial charge in [-0.1, -0.05) is 6.07 Å². The first-order chi connectivity index (χ1) is 18.7. The summed E-state index contributed by atoms with van der Waals surface area (Å²) < 4.78 is 7.18. The molecule has 9 nitrogen and oxygen atoms in total. The minimum Gasteiger partial charge on any atom is -0.496 e. The van der Waals surface area contributed by atoms with Gasteiger partial charge in [0.1, 0.15) is 11.4 Å². The number of nitrogens with one attached hydrogen (secondary N) is 1. The summed E-state index contributed by atoms with van der Waals surface area (Å²) in [5.41, 5.74) is 6.09. The Labute approximate surface area is 232 Å². The summed E-state index contributed by atoms with van der Waals surface area (Å²) in [7, 11) is 5.50. The summed E-state index contributed by atoms with van der Waals surface area (Å²) in [6.45, 7) is 3.94. The van der Waals surface area contributed by atoms with Gasteiger partial charge in [-0.15, -0.1) is 0 Å². The number of anilines is 2. The van der Waals surface area contributed by atoms with Gasteiger partial charge in [0.25, 0.3) is 5.69 Å². The van der Waals surface area contributed by atoms with E-state index >= 15 is 0 Å². The molecule has 3 heterocycles. The number of methoxy groups -OCH3 is 1. The van der Waals surface area contributed by atoms with E-state index in [9.17, 15) is 10.1 Å². The van der Waals surface area contributed by atoms with Gasteiger partial charge >= 0.3 is 0 Å². The first-order valence-electron chi connectivity index (χ1n) is 12.5. The molecule has 0 aliphatic carbocycles. The van der Waals surface area contributed by atoms with E-state index in [1.165, 1.54) is 13.2 Å². The maximum Gasteiger partial charge on any atom is 0.296 e. The Bertz CT molecular complexity index is 1530. The van der Waals surface area contributed by atoms with E-state index in [1.807, 2.05) is 55.6 Å². The average molecular weight is 543 g/mol. The fourth-order valence-electron chi connectivity index (χ4n) is 5.28. The second-order valence-electron chi connectivity index (χ2n) is 9.68. The summed E-state index contributed by atoms with van der Waals surface area (Å²) in [4.78, 5) is 20.5. The Morgan fingerprint density at radius 1 is 1.08 bits per heavy atom. The maximum absolute atomic E-state index is 12.0. The number of aromatic nitrogens is 2. The van der Waals surface area contributed by atoms with Crippen molar-refractivity contribution in [2.24, 2.45) is 0 Å². The number of thiocarbonyl (C=S) groups is 1. The van der Waals surface area contributed by atoms with Gasteiger partial charge in [-0.3, -0.25) is 15.1 Å². The van der Waals surface area contributed by atoms with Gasteiger partial charge < -0.3 is 24.4 Å². The molecule has 0 unspecified atom stereocenters. The van der Waals surface area contributed by atoms with Crippen LogP contribution in [0.15, 0.2) is 72.9 Å². The van der Waals surface area contributed by atoms with Crippen molar-refractivity contribution in [3.8, 4) is 11.4 Å². The van der Waals surface area contributed by atoms with Crippen molar-refractivity contribution in [1.82, 2.24) is 14.9 Å². The predicted octanol–water partition coefficient (Wildman–Crippen LogP) is 5.65. The zero-order valence-electron chi connectivity index (χ0n) is 22.5. The van der Waals surface area contributed by atoms with Gasteiger partial charge in [0.15, 0.2) is 5.11 Å². The second-order valence-corrected chi connectivity index (χ2v) is 10.1. The molecule has 1 saturated heterocycles. The monoisotopic (exact) mass is 542 g/mol. The van der Waals surface area contributed by atoms with Crippen LogP contribution in [0.25, 0.3) is 5.69 Å². The SMILES string of the molecule is COc1ccc(-n2c(C)cc([C@H]3[C@H](c4ccccn4)NC(=S)N3c3ccc(N(C)C)cc3)c2C)c([N+](=O)[O-])c1. The lowest BCUT2D eigenvalue weighted by Crippen LogP contribution is -2.29. The molecule has 2 aromatic carbocycles. The number of aryl methyl sites for hydroxylation is 1. The van der Waals surface area contributed by atoms with Crippen LogP contribution in [0.5, 0.6) is 5.75 Å². The fraction of sp³-hybridized carbons (Fsp3) is 0.241. The number of nitro benzene ring substituents is 1. The molecule has 0 amide bonds. The number of rotatable bonds is 7.